The van der Waals surface area contributed by atoms with Crippen LogP contribution in [0.1, 0.15) is 120 Å². The molecule has 44 heavy (non-hydrogen) atoms. The molecule has 0 saturated carbocycles. The minimum atomic E-state index is -1.03. The van der Waals surface area contributed by atoms with Crippen LogP contribution in [0.4, 0.5) is 0 Å². The molecule has 0 heterocycles. The number of ether oxygens (including phenoxy) is 3. The molecule has 0 aliphatic carbocycles. The van der Waals surface area contributed by atoms with Crippen LogP contribution in [0.5, 0.6) is 0 Å². The molecule has 0 saturated heterocycles. The quantitative estimate of drug-likeness (QED) is 0.130. The van der Waals surface area contributed by atoms with E-state index in [1.54, 1.807) is 62.3 Å². The van der Waals surface area contributed by atoms with E-state index in [1.807, 2.05) is 0 Å². The Hall–Kier alpha value is -3.22. The number of nitrogens with two attached hydrogens (primary N) is 1. The first-order valence-corrected chi connectivity index (χ1v) is 15.2. The number of carbonyl (C=O) groups is 6. The fourth-order valence-electron chi connectivity index (χ4n) is 3.82. The Balaban J connectivity index is 4.97. The van der Waals surface area contributed by atoms with Crippen LogP contribution in [0.2, 0.25) is 0 Å². The van der Waals surface area contributed by atoms with Crippen molar-refractivity contribution in [2.75, 3.05) is 19.6 Å². The molecule has 0 aliphatic rings. The highest BCUT2D eigenvalue weighted by Gasteiger charge is 2.28. The molecule has 0 fully saturated rings. The molecule has 0 rings (SSSR count). The third-order valence-electron chi connectivity index (χ3n) is 5.76. The summed E-state index contributed by atoms with van der Waals surface area (Å²) in [6.45, 7) is 16.1. The number of amides is 3. The van der Waals surface area contributed by atoms with Gasteiger partial charge in [0.25, 0.3) is 0 Å². The predicted octanol–water partition coefficient (Wildman–Crippen LogP) is 2.57. The molecule has 0 aromatic rings. The lowest BCUT2D eigenvalue weighted by Crippen LogP contribution is -2.43. The summed E-state index contributed by atoms with van der Waals surface area (Å²) >= 11 is 0. The summed E-state index contributed by atoms with van der Waals surface area (Å²) in [6.07, 6.45) is 0.657. The van der Waals surface area contributed by atoms with Gasteiger partial charge in [-0.25, -0.2) is 0 Å². The number of carbonyl (C=O) groups excluding carboxylic acids is 6. The van der Waals surface area contributed by atoms with Gasteiger partial charge >= 0.3 is 17.9 Å². The van der Waals surface area contributed by atoms with Gasteiger partial charge in [0.15, 0.2) is 0 Å². The second-order valence-corrected chi connectivity index (χ2v) is 13.9. The van der Waals surface area contributed by atoms with E-state index in [0.717, 1.165) is 0 Å². The molecule has 13 heteroatoms. The molecule has 13 nitrogen and oxygen atoms in total. The summed E-state index contributed by atoms with van der Waals surface area (Å²) in [5.41, 5.74) is 3.72. The van der Waals surface area contributed by atoms with Crippen LogP contribution in [0, 0.1) is 0 Å². The van der Waals surface area contributed by atoms with Gasteiger partial charge in [0, 0.05) is 44.4 Å². The van der Waals surface area contributed by atoms with Crippen molar-refractivity contribution < 1.29 is 43.0 Å². The minimum absolute atomic E-state index is 0.0176. The maximum absolute atomic E-state index is 12.5. The summed E-state index contributed by atoms with van der Waals surface area (Å²) < 4.78 is 15.7. The fourth-order valence-corrected chi connectivity index (χ4v) is 3.82. The van der Waals surface area contributed by atoms with Gasteiger partial charge in [0.2, 0.25) is 17.7 Å². The van der Waals surface area contributed by atoms with E-state index in [1.165, 1.54) is 0 Å². The molecule has 0 spiro atoms. The SMILES string of the molecule is CC(C)(C)OC(=O)CCNC(=O)CCC(N)(CCC(=O)NCCC(=O)OC(C)(C)C)CCC(=O)NCCC(=O)OC(C)(C)C. The van der Waals surface area contributed by atoms with E-state index in [-0.39, 0.29) is 95.1 Å². The van der Waals surface area contributed by atoms with E-state index in [2.05, 4.69) is 16.0 Å². The first kappa shape index (κ1) is 40.8. The zero-order valence-corrected chi connectivity index (χ0v) is 28.2. The molecule has 254 valence electrons. The molecule has 3 amide bonds. The Bertz CT molecular complexity index is 854. The van der Waals surface area contributed by atoms with Crippen LogP contribution < -0.4 is 21.7 Å². The van der Waals surface area contributed by atoms with E-state index in [4.69, 9.17) is 19.9 Å². The van der Waals surface area contributed by atoms with Crippen molar-refractivity contribution in [2.45, 2.75) is 142 Å². The minimum Gasteiger partial charge on any atom is -0.460 e. The van der Waals surface area contributed by atoms with Crippen LogP contribution in [-0.4, -0.2) is 77.6 Å². The Morgan fingerprint density at radius 1 is 0.455 bits per heavy atom. The van der Waals surface area contributed by atoms with Crippen LogP contribution in [0.3, 0.4) is 0 Å². The Morgan fingerprint density at radius 2 is 0.682 bits per heavy atom. The number of rotatable bonds is 18. The lowest BCUT2D eigenvalue weighted by atomic mass is 9.84. The summed E-state index contributed by atoms with van der Waals surface area (Å²) in [6, 6.07) is 0. The molecule has 0 aromatic carbocycles. The lowest BCUT2D eigenvalue weighted by molar-refractivity contribution is -0.155. The van der Waals surface area contributed by atoms with Gasteiger partial charge in [0.05, 0.1) is 19.3 Å². The molecule has 5 N–H and O–H groups in total. The van der Waals surface area contributed by atoms with Gasteiger partial charge in [0.1, 0.15) is 16.8 Å². The second-order valence-electron chi connectivity index (χ2n) is 13.9. The van der Waals surface area contributed by atoms with Crippen molar-refractivity contribution in [3.63, 3.8) is 0 Å². The van der Waals surface area contributed by atoms with Crippen molar-refractivity contribution in [2.24, 2.45) is 5.73 Å². The molecular weight excluding hydrogens is 572 g/mol. The molecule has 0 atom stereocenters. The van der Waals surface area contributed by atoms with E-state index < -0.39 is 40.2 Å². The van der Waals surface area contributed by atoms with Crippen molar-refractivity contribution >= 4 is 35.6 Å². The monoisotopic (exact) mass is 628 g/mol. The highest BCUT2D eigenvalue weighted by Crippen LogP contribution is 2.23. The Labute approximate surface area is 262 Å². The number of hydrogen-bond donors (Lipinski definition) is 4. The average Bonchev–Trinajstić information content (AvgIpc) is 2.82. The average molecular weight is 629 g/mol. The van der Waals surface area contributed by atoms with Crippen molar-refractivity contribution in [3.05, 3.63) is 0 Å². The number of nitrogens with one attached hydrogen (secondary N) is 3. The smallest absolute Gasteiger partial charge is 0.308 e. The maximum Gasteiger partial charge on any atom is 0.308 e. The summed E-state index contributed by atoms with van der Waals surface area (Å²) in [4.78, 5) is 73.1. The van der Waals surface area contributed by atoms with Gasteiger partial charge in [-0.05, 0) is 81.6 Å². The van der Waals surface area contributed by atoms with Crippen LogP contribution in [-0.2, 0) is 43.0 Å². The van der Waals surface area contributed by atoms with Gasteiger partial charge in [-0.3, -0.25) is 28.8 Å². The van der Waals surface area contributed by atoms with Gasteiger partial charge < -0.3 is 35.9 Å². The maximum atomic E-state index is 12.5. The molecule has 0 aliphatic heterocycles. The fraction of sp³-hybridized carbons (Fsp3) is 0.806. The van der Waals surface area contributed by atoms with Gasteiger partial charge in [-0.15, -0.1) is 0 Å². The Kier molecular flexibility index (Phi) is 17.2. The number of hydrogen-bond acceptors (Lipinski definition) is 10. The molecule has 0 bridgehead atoms. The van der Waals surface area contributed by atoms with Crippen molar-refractivity contribution in [3.8, 4) is 0 Å². The standard InChI is InChI=1S/C31H56N4O9/c1-28(2,3)42-25(39)13-19-33-22(36)10-16-31(32,17-11-23(37)34-20-14-26(40)43-29(4,5)6)18-12-24(38)35-21-15-27(41)44-30(7,8)9/h10-21,32H2,1-9H3,(H,33,36)(H,34,37)(H,35,38). The topological polar surface area (TPSA) is 192 Å². The zero-order valence-electron chi connectivity index (χ0n) is 28.2. The summed E-state index contributed by atoms with van der Waals surface area (Å²) in [5, 5.41) is 8.01. The number of esters is 3. The van der Waals surface area contributed by atoms with Gasteiger partial charge in [-0.1, -0.05) is 0 Å². The normalized spacial score (nSPS) is 12.1. The van der Waals surface area contributed by atoms with E-state index >= 15 is 0 Å². The molecule has 0 unspecified atom stereocenters. The van der Waals surface area contributed by atoms with Crippen molar-refractivity contribution in [1.29, 1.82) is 0 Å². The highest BCUT2D eigenvalue weighted by molar-refractivity contribution is 5.79. The zero-order chi connectivity index (χ0) is 34.2. The van der Waals surface area contributed by atoms with E-state index in [0.29, 0.717) is 0 Å². The predicted molar refractivity (Wildman–Crippen MR) is 165 cm³/mol. The molecular formula is C31H56N4O9. The third-order valence-corrected chi connectivity index (χ3v) is 5.76. The largest absolute Gasteiger partial charge is 0.460 e. The first-order chi connectivity index (χ1) is 20.0. The van der Waals surface area contributed by atoms with E-state index in [9.17, 15) is 28.8 Å². The molecule has 0 radical (unpaired) electrons. The van der Waals surface area contributed by atoms with Crippen LogP contribution in [0.15, 0.2) is 0 Å². The van der Waals surface area contributed by atoms with Crippen LogP contribution >= 0.6 is 0 Å². The lowest BCUT2D eigenvalue weighted by Gasteiger charge is -2.29. The van der Waals surface area contributed by atoms with Crippen LogP contribution in [0.25, 0.3) is 0 Å². The first-order valence-electron chi connectivity index (χ1n) is 15.2. The summed E-state index contributed by atoms with van der Waals surface area (Å²) in [5.74, 6) is -2.27. The van der Waals surface area contributed by atoms with Crippen molar-refractivity contribution in [1.82, 2.24) is 16.0 Å². The molecule has 0 aromatic heterocycles. The third kappa shape index (κ3) is 24.2. The summed E-state index contributed by atoms with van der Waals surface area (Å²) in [7, 11) is 0. The highest BCUT2D eigenvalue weighted by atomic mass is 16.6. The second kappa shape index (κ2) is 18.6. The Morgan fingerprint density at radius 3 is 0.886 bits per heavy atom. The van der Waals surface area contributed by atoms with Gasteiger partial charge in [-0.2, -0.15) is 0 Å².